The number of hydrogen-bond acceptors (Lipinski definition) is 4. The molecule has 0 aliphatic heterocycles. The van der Waals surface area contributed by atoms with Gasteiger partial charge in [0.25, 0.3) is 0 Å². The van der Waals surface area contributed by atoms with Crippen LogP contribution in [0.25, 0.3) is 10.2 Å². The van der Waals surface area contributed by atoms with Crippen LogP contribution in [0.3, 0.4) is 0 Å². The van der Waals surface area contributed by atoms with Crippen molar-refractivity contribution in [1.29, 1.82) is 0 Å². The molecule has 1 aromatic heterocycles. The van der Waals surface area contributed by atoms with Crippen molar-refractivity contribution in [3.8, 4) is 0 Å². The highest BCUT2D eigenvalue weighted by Gasteiger charge is 2.09. The molecule has 1 amide bonds. The Hall–Kier alpha value is -1.21. The third-order valence-electron chi connectivity index (χ3n) is 4.29. The molecule has 0 aliphatic rings. The first-order chi connectivity index (χ1) is 13.6. The van der Waals surface area contributed by atoms with Gasteiger partial charge in [0.1, 0.15) is 0 Å². The maximum atomic E-state index is 12.5. The lowest BCUT2D eigenvalue weighted by molar-refractivity contribution is -0.117. The van der Waals surface area contributed by atoms with Crippen LogP contribution in [0, 0.1) is 0 Å². The fourth-order valence-electron chi connectivity index (χ4n) is 2.77. The minimum Gasteiger partial charge on any atom is -0.316 e. The Morgan fingerprint density at radius 3 is 2.68 bits per heavy atom. The van der Waals surface area contributed by atoms with Gasteiger partial charge in [-0.05, 0) is 54.6 Å². The van der Waals surface area contributed by atoms with Crippen LogP contribution in [0.15, 0.2) is 52.4 Å². The molecule has 2 aromatic carbocycles. The summed E-state index contributed by atoms with van der Waals surface area (Å²) in [5.74, 6) is 1.64. The lowest BCUT2D eigenvalue weighted by Gasteiger charge is -2.04. The summed E-state index contributed by atoms with van der Waals surface area (Å²) in [6, 6.07) is 14.2. The second kappa shape index (κ2) is 10.5. The molecule has 3 nitrogen and oxygen atoms in total. The van der Waals surface area contributed by atoms with E-state index < -0.39 is 0 Å². The number of thioether (sulfide) groups is 2. The lowest BCUT2D eigenvalue weighted by Crippen LogP contribution is -2.18. The van der Waals surface area contributed by atoms with Crippen LogP contribution < -0.4 is 4.80 Å². The number of carbonyl (C=O) groups is 1. The molecule has 0 saturated carbocycles. The van der Waals surface area contributed by atoms with E-state index in [2.05, 4.69) is 40.9 Å². The first kappa shape index (κ1) is 21.5. The highest BCUT2D eigenvalue weighted by Crippen LogP contribution is 2.22. The lowest BCUT2D eigenvalue weighted by atomic mass is 10.2. The molecular weight excluding hydrogens is 428 g/mol. The average molecular weight is 451 g/mol. The molecule has 0 N–H and O–H groups in total. The number of amides is 1. The minimum atomic E-state index is -0.0679. The van der Waals surface area contributed by atoms with Crippen LogP contribution >= 0.6 is 46.5 Å². The van der Waals surface area contributed by atoms with Gasteiger partial charge in [-0.3, -0.25) is 4.79 Å². The molecule has 3 aromatic rings. The topological polar surface area (TPSA) is 34.4 Å². The quantitative estimate of drug-likeness (QED) is 0.401. The largest absolute Gasteiger partial charge is 0.316 e. The summed E-state index contributed by atoms with van der Waals surface area (Å²) in [6.07, 6.45) is 3.52. The summed E-state index contributed by atoms with van der Waals surface area (Å²) in [5.41, 5.74) is 2.47. The summed E-state index contributed by atoms with van der Waals surface area (Å²) in [7, 11) is 0. The zero-order valence-corrected chi connectivity index (χ0v) is 19.2. The summed E-state index contributed by atoms with van der Waals surface area (Å²) < 4.78 is 3.38. The van der Waals surface area contributed by atoms with Crippen molar-refractivity contribution < 1.29 is 4.79 Å². The predicted molar refractivity (Wildman–Crippen MR) is 125 cm³/mol. The Kier molecular flexibility index (Phi) is 8.09. The van der Waals surface area contributed by atoms with Crippen molar-refractivity contribution in [2.75, 3.05) is 17.8 Å². The second-order valence-corrected chi connectivity index (χ2v) is 9.84. The molecule has 0 saturated heterocycles. The molecule has 0 unspecified atom stereocenters. The Bertz CT molecular complexity index is 1010. The fraction of sp³-hybridized carbons (Fsp3) is 0.333. The molecule has 0 aliphatic carbocycles. The minimum absolute atomic E-state index is 0.0679. The molecular formula is C21H23ClN2OS3. The molecule has 148 valence electrons. The molecule has 0 radical (unpaired) electrons. The summed E-state index contributed by atoms with van der Waals surface area (Å²) in [5, 5.41) is 0.723. The van der Waals surface area contributed by atoms with Crippen molar-refractivity contribution in [1.82, 2.24) is 4.57 Å². The van der Waals surface area contributed by atoms with Gasteiger partial charge in [-0.15, -0.1) is 11.8 Å². The van der Waals surface area contributed by atoms with Gasteiger partial charge in [0, 0.05) is 34.4 Å². The van der Waals surface area contributed by atoms with E-state index in [-0.39, 0.29) is 5.91 Å². The van der Waals surface area contributed by atoms with E-state index in [0.717, 1.165) is 33.4 Å². The maximum absolute atomic E-state index is 12.5. The second-order valence-electron chi connectivity index (χ2n) is 6.24. The van der Waals surface area contributed by atoms with E-state index in [1.165, 1.54) is 15.8 Å². The van der Waals surface area contributed by atoms with Gasteiger partial charge in [0.2, 0.25) is 5.91 Å². The fourth-order valence-corrected chi connectivity index (χ4v) is 5.24. The third-order valence-corrected chi connectivity index (χ3v) is 7.19. The van der Waals surface area contributed by atoms with Crippen LogP contribution in [-0.2, 0) is 17.8 Å². The van der Waals surface area contributed by atoms with Crippen LogP contribution in [0.5, 0.6) is 0 Å². The average Bonchev–Trinajstić information content (AvgIpc) is 3.03. The van der Waals surface area contributed by atoms with Gasteiger partial charge in [0.05, 0.1) is 10.2 Å². The number of hydrogen-bond donors (Lipinski definition) is 0. The standard InChI is InChI=1S/C21H23ClN2OS3/c1-3-15-4-9-18-19(14-15)28-21(24(18)11-13-26-2)23-20(25)10-12-27-17-7-5-16(22)6-8-17/h4-9,14H,3,10-13H2,1-2H3. The normalized spacial score (nSPS) is 12.0. The van der Waals surface area contributed by atoms with E-state index in [1.54, 1.807) is 34.9 Å². The number of halogens is 1. The molecule has 0 spiro atoms. The van der Waals surface area contributed by atoms with E-state index in [0.29, 0.717) is 12.2 Å². The Balaban J connectivity index is 1.76. The SMILES string of the molecule is CCc1ccc2c(c1)sc(=NC(=O)CCSc1ccc(Cl)cc1)n2CCSC. The molecule has 0 fully saturated rings. The molecule has 0 bridgehead atoms. The molecule has 28 heavy (non-hydrogen) atoms. The monoisotopic (exact) mass is 450 g/mol. The van der Waals surface area contributed by atoms with Crippen LogP contribution in [0.2, 0.25) is 5.02 Å². The molecule has 3 rings (SSSR count). The van der Waals surface area contributed by atoms with Gasteiger partial charge in [-0.1, -0.05) is 35.9 Å². The van der Waals surface area contributed by atoms with Crippen LogP contribution in [0.4, 0.5) is 0 Å². The summed E-state index contributed by atoms with van der Waals surface area (Å²) in [6.45, 7) is 3.02. The Labute approximate surface area is 183 Å². The van der Waals surface area contributed by atoms with Gasteiger partial charge < -0.3 is 4.57 Å². The number of benzene rings is 2. The smallest absolute Gasteiger partial charge is 0.249 e. The molecule has 0 atom stereocenters. The van der Waals surface area contributed by atoms with E-state index in [4.69, 9.17) is 11.6 Å². The maximum Gasteiger partial charge on any atom is 0.249 e. The first-order valence-corrected chi connectivity index (χ1v) is 12.7. The third kappa shape index (κ3) is 5.66. The van der Waals surface area contributed by atoms with E-state index in [1.807, 2.05) is 24.3 Å². The number of aryl methyl sites for hydroxylation is 2. The van der Waals surface area contributed by atoms with Gasteiger partial charge in [0.15, 0.2) is 4.80 Å². The zero-order valence-electron chi connectivity index (χ0n) is 16.0. The summed E-state index contributed by atoms with van der Waals surface area (Å²) in [4.78, 5) is 18.8. The number of carbonyl (C=O) groups excluding carboxylic acids is 1. The van der Waals surface area contributed by atoms with Crippen molar-refractivity contribution in [3.63, 3.8) is 0 Å². The highest BCUT2D eigenvalue weighted by molar-refractivity contribution is 7.99. The van der Waals surface area contributed by atoms with Gasteiger partial charge in [-0.2, -0.15) is 16.8 Å². The Morgan fingerprint density at radius 1 is 1.18 bits per heavy atom. The number of fused-ring (bicyclic) bond motifs is 1. The van der Waals surface area contributed by atoms with Crippen molar-refractivity contribution >= 4 is 62.6 Å². The zero-order chi connectivity index (χ0) is 19.9. The van der Waals surface area contributed by atoms with Crippen molar-refractivity contribution in [2.24, 2.45) is 4.99 Å². The van der Waals surface area contributed by atoms with E-state index in [9.17, 15) is 4.79 Å². The van der Waals surface area contributed by atoms with Crippen molar-refractivity contribution in [3.05, 3.63) is 57.9 Å². The number of aromatic nitrogens is 1. The highest BCUT2D eigenvalue weighted by atomic mass is 35.5. The van der Waals surface area contributed by atoms with Crippen molar-refractivity contribution in [2.45, 2.75) is 31.2 Å². The number of rotatable bonds is 8. The Morgan fingerprint density at radius 2 is 1.96 bits per heavy atom. The molecule has 7 heteroatoms. The predicted octanol–water partition coefficient (Wildman–Crippen LogP) is 5.89. The number of nitrogens with zero attached hydrogens (tertiary/aromatic N) is 2. The summed E-state index contributed by atoms with van der Waals surface area (Å²) >= 11 is 11.0. The van der Waals surface area contributed by atoms with Gasteiger partial charge >= 0.3 is 0 Å². The van der Waals surface area contributed by atoms with Gasteiger partial charge in [-0.25, -0.2) is 0 Å². The van der Waals surface area contributed by atoms with Crippen LogP contribution in [0.1, 0.15) is 18.9 Å². The number of thiazole rings is 1. The van der Waals surface area contributed by atoms with Crippen LogP contribution in [-0.4, -0.2) is 28.2 Å². The first-order valence-electron chi connectivity index (χ1n) is 9.18. The molecule has 1 heterocycles. The van der Waals surface area contributed by atoms with E-state index >= 15 is 0 Å².